The number of esters is 1. The lowest BCUT2D eigenvalue weighted by Gasteiger charge is -2.49. The SMILES string of the molecule is CC[C@@H]1OC(=O)[C@@H](C)[C@H](O[C@H]2C[C@@](C)(OC)[C@@H](O)[C@H](C)O2)C(C)[C@H](O[C@H]2O[C@@H](C)C[C@@H](N(C)C)[C@@H]2O)[C@@](C)(O)C[C@H](C)C(=O)[C@@H](C)[C@H](O)[C@@]1(C)O. The summed E-state index contributed by atoms with van der Waals surface area (Å²) in [6.45, 7) is 16.3. The fourth-order valence-electron chi connectivity index (χ4n) is 8.41. The summed E-state index contributed by atoms with van der Waals surface area (Å²) in [5.41, 5.74) is -4.84. The summed E-state index contributed by atoms with van der Waals surface area (Å²) in [5, 5.41) is 57.6. The molecule has 3 saturated heterocycles. The number of carbonyl (C=O) groups is 2. The molecule has 0 saturated carbocycles. The first kappa shape index (κ1) is 44.1. The van der Waals surface area contributed by atoms with Crippen molar-refractivity contribution in [2.75, 3.05) is 21.2 Å². The van der Waals surface area contributed by atoms with E-state index < -0.39 is 108 Å². The quantitative estimate of drug-likeness (QED) is 0.238. The predicted octanol–water partition coefficient (Wildman–Crippen LogP) is 1.79. The molecule has 0 aliphatic carbocycles. The van der Waals surface area contributed by atoms with Gasteiger partial charge in [-0.2, -0.15) is 0 Å². The predicted molar refractivity (Wildman–Crippen MR) is 186 cm³/mol. The topological polar surface area (TPSA) is 194 Å². The number of aliphatic hydroxyl groups excluding tert-OH is 3. The number of aliphatic hydroxyl groups is 5. The maximum absolute atomic E-state index is 14.1. The van der Waals surface area contributed by atoms with Crippen LogP contribution in [0.25, 0.3) is 0 Å². The Kier molecular flexibility index (Phi) is 14.7. The molecule has 18 atom stereocenters. The summed E-state index contributed by atoms with van der Waals surface area (Å²) in [6.07, 6.45) is -9.71. The lowest BCUT2D eigenvalue weighted by atomic mass is 9.74. The second-order valence-corrected chi connectivity index (χ2v) is 16.5. The van der Waals surface area contributed by atoms with Gasteiger partial charge >= 0.3 is 5.97 Å². The fraction of sp³-hybridized carbons (Fsp3) is 0.946. The molecule has 1 unspecified atom stereocenters. The third kappa shape index (κ3) is 9.51. The first-order valence-electron chi connectivity index (χ1n) is 18.5. The Hall–Kier alpha value is -1.30. The molecule has 0 bridgehead atoms. The normalized spacial score (nSPS) is 49.7. The van der Waals surface area contributed by atoms with Gasteiger partial charge in [0.05, 0.1) is 47.6 Å². The molecule has 0 amide bonds. The second-order valence-electron chi connectivity index (χ2n) is 16.5. The highest BCUT2D eigenvalue weighted by Gasteiger charge is 2.53. The Labute approximate surface area is 304 Å². The average Bonchev–Trinajstić information content (AvgIpc) is 3.05. The lowest BCUT2D eigenvalue weighted by Crippen LogP contribution is -2.61. The molecule has 3 aliphatic heterocycles. The van der Waals surface area contributed by atoms with Gasteiger partial charge in [0.25, 0.3) is 0 Å². The molecule has 14 nitrogen and oxygen atoms in total. The Morgan fingerprint density at radius 1 is 0.882 bits per heavy atom. The number of Topliss-reactive ketones (excluding diaryl/α,β-unsaturated/α-hetero) is 1. The van der Waals surface area contributed by atoms with E-state index >= 15 is 0 Å². The van der Waals surface area contributed by atoms with Gasteiger partial charge in [-0.3, -0.25) is 9.59 Å². The molecule has 0 radical (unpaired) electrons. The number of ether oxygens (including phenoxy) is 6. The van der Waals surface area contributed by atoms with Crippen molar-refractivity contribution in [2.45, 2.75) is 179 Å². The number of carbonyl (C=O) groups excluding carboxylic acids is 2. The van der Waals surface area contributed by atoms with Crippen LogP contribution in [-0.4, -0.2) is 148 Å². The number of methoxy groups -OCH3 is 1. The standard InChI is InChI=1S/C37H67NO13/c1-14-25-37(10,45)30(41)20(4)27(39)18(2)16-35(8,44)32(51-34-28(40)24(38(11)12)15-19(3)47-34)21(5)29(22(6)33(43)49-25)50-26-17-36(9,46-13)31(42)23(7)48-26/h18-26,28-32,34,40-42,44-45H,14-17H2,1-13H3/t18-,19-,20+,21?,22-,23-,24+,25-,26-,28-,29+,30-,31-,32-,34+,35-,36+,37-/m0/s1. The molecule has 298 valence electrons. The molecule has 3 aliphatic rings. The molecule has 0 aromatic carbocycles. The van der Waals surface area contributed by atoms with E-state index in [0.717, 1.165) is 0 Å². The van der Waals surface area contributed by atoms with Crippen LogP contribution in [0.3, 0.4) is 0 Å². The van der Waals surface area contributed by atoms with Gasteiger partial charge in [0, 0.05) is 37.3 Å². The van der Waals surface area contributed by atoms with Crippen LogP contribution in [0.4, 0.5) is 0 Å². The van der Waals surface area contributed by atoms with Gasteiger partial charge in [-0.1, -0.05) is 27.7 Å². The van der Waals surface area contributed by atoms with E-state index in [-0.39, 0.29) is 31.4 Å². The number of nitrogens with zero attached hydrogens (tertiary/aromatic N) is 1. The van der Waals surface area contributed by atoms with Crippen molar-refractivity contribution in [3.63, 3.8) is 0 Å². The average molecular weight is 734 g/mol. The Balaban J connectivity index is 2.18. The Morgan fingerprint density at radius 2 is 1.49 bits per heavy atom. The number of rotatable bonds is 7. The first-order valence-corrected chi connectivity index (χ1v) is 18.5. The van der Waals surface area contributed by atoms with Crippen LogP contribution >= 0.6 is 0 Å². The van der Waals surface area contributed by atoms with E-state index in [0.29, 0.717) is 6.42 Å². The summed E-state index contributed by atoms with van der Waals surface area (Å²) < 4.78 is 37.1. The zero-order chi connectivity index (χ0) is 39.0. The monoisotopic (exact) mass is 733 g/mol. The number of likely N-dealkylation sites (N-methyl/N-ethyl adjacent to an activating group) is 1. The van der Waals surface area contributed by atoms with E-state index in [4.69, 9.17) is 28.4 Å². The van der Waals surface area contributed by atoms with Crippen LogP contribution in [0.5, 0.6) is 0 Å². The third-order valence-corrected chi connectivity index (χ3v) is 11.8. The van der Waals surface area contributed by atoms with Crippen molar-refractivity contribution < 1.29 is 63.5 Å². The zero-order valence-corrected chi connectivity index (χ0v) is 32.9. The Bertz CT molecular complexity index is 1170. The summed E-state index contributed by atoms with van der Waals surface area (Å²) in [5.74, 6) is -4.98. The van der Waals surface area contributed by atoms with Gasteiger partial charge in [-0.25, -0.2) is 0 Å². The lowest BCUT2D eigenvalue weighted by molar-refractivity contribution is -0.318. The Morgan fingerprint density at radius 3 is 2.04 bits per heavy atom. The highest BCUT2D eigenvalue weighted by Crippen LogP contribution is 2.40. The van der Waals surface area contributed by atoms with Crippen LogP contribution in [0.15, 0.2) is 0 Å². The van der Waals surface area contributed by atoms with Crippen molar-refractivity contribution in [1.82, 2.24) is 4.90 Å². The van der Waals surface area contributed by atoms with E-state index in [1.807, 2.05) is 25.9 Å². The van der Waals surface area contributed by atoms with Crippen molar-refractivity contribution in [2.24, 2.45) is 23.7 Å². The first-order chi connectivity index (χ1) is 23.4. The zero-order valence-electron chi connectivity index (χ0n) is 32.9. The van der Waals surface area contributed by atoms with Crippen LogP contribution in [0.2, 0.25) is 0 Å². The van der Waals surface area contributed by atoms with Crippen LogP contribution in [0.1, 0.15) is 94.9 Å². The summed E-state index contributed by atoms with van der Waals surface area (Å²) in [6, 6.07) is -0.324. The molecule has 51 heavy (non-hydrogen) atoms. The fourth-order valence-corrected chi connectivity index (χ4v) is 8.41. The number of hydrogen-bond donors (Lipinski definition) is 5. The van der Waals surface area contributed by atoms with Gasteiger partial charge in [0.2, 0.25) is 0 Å². The van der Waals surface area contributed by atoms with Gasteiger partial charge in [0.1, 0.15) is 29.7 Å². The molecule has 0 aromatic heterocycles. The minimum atomic E-state index is -1.99. The van der Waals surface area contributed by atoms with E-state index in [9.17, 15) is 35.1 Å². The van der Waals surface area contributed by atoms with Crippen molar-refractivity contribution in [1.29, 1.82) is 0 Å². The highest BCUT2D eigenvalue weighted by atomic mass is 16.7. The maximum atomic E-state index is 14.1. The molecular weight excluding hydrogens is 666 g/mol. The molecular formula is C37H67NO13. The number of hydrogen-bond acceptors (Lipinski definition) is 14. The summed E-state index contributed by atoms with van der Waals surface area (Å²) >= 11 is 0. The number of ketones is 1. The maximum Gasteiger partial charge on any atom is 0.311 e. The van der Waals surface area contributed by atoms with Crippen molar-refractivity contribution in [3.8, 4) is 0 Å². The molecule has 3 rings (SSSR count). The van der Waals surface area contributed by atoms with Gasteiger partial charge in [-0.05, 0) is 74.9 Å². The minimum absolute atomic E-state index is 0.0936. The number of cyclic esters (lactones) is 1. The van der Waals surface area contributed by atoms with Crippen LogP contribution in [-0.2, 0) is 38.0 Å². The molecule has 3 fully saturated rings. The molecule has 0 spiro atoms. The van der Waals surface area contributed by atoms with Gasteiger partial charge in [-0.15, -0.1) is 0 Å². The van der Waals surface area contributed by atoms with E-state index in [1.165, 1.54) is 27.9 Å². The van der Waals surface area contributed by atoms with Gasteiger partial charge < -0.3 is 58.9 Å². The summed E-state index contributed by atoms with van der Waals surface area (Å²) in [4.78, 5) is 29.8. The molecule has 3 heterocycles. The highest BCUT2D eigenvalue weighted by molar-refractivity contribution is 5.83. The van der Waals surface area contributed by atoms with E-state index in [1.54, 1.807) is 41.5 Å². The minimum Gasteiger partial charge on any atom is -0.459 e. The largest absolute Gasteiger partial charge is 0.459 e. The smallest absolute Gasteiger partial charge is 0.311 e. The molecule has 14 heteroatoms. The van der Waals surface area contributed by atoms with Crippen molar-refractivity contribution >= 4 is 11.8 Å². The third-order valence-electron chi connectivity index (χ3n) is 11.8. The molecule has 5 N–H and O–H groups in total. The second kappa shape index (κ2) is 17.0. The van der Waals surface area contributed by atoms with Crippen LogP contribution in [0, 0.1) is 23.7 Å². The van der Waals surface area contributed by atoms with Crippen LogP contribution < -0.4 is 0 Å². The van der Waals surface area contributed by atoms with E-state index in [2.05, 4.69) is 0 Å². The van der Waals surface area contributed by atoms with Crippen molar-refractivity contribution in [3.05, 3.63) is 0 Å². The van der Waals surface area contributed by atoms with Gasteiger partial charge in [0.15, 0.2) is 12.6 Å². The molecule has 0 aromatic rings. The summed E-state index contributed by atoms with van der Waals surface area (Å²) in [7, 11) is 5.18.